The zero-order valence-corrected chi connectivity index (χ0v) is 18.8. The number of aromatic nitrogens is 2. The lowest BCUT2D eigenvalue weighted by Gasteiger charge is -2.30. The molecular weight excluding hydrogens is 460 g/mol. The highest BCUT2D eigenvalue weighted by Gasteiger charge is 2.42. The Hall–Kier alpha value is -2.22. The average Bonchev–Trinajstić information content (AvgIpc) is 3.50. The van der Waals surface area contributed by atoms with E-state index in [0.717, 1.165) is 47.0 Å². The molecule has 0 amide bonds. The molecule has 2 saturated heterocycles. The normalized spacial score (nSPS) is 23.7. The molecular formula is C23H23BrN4OS. The van der Waals surface area contributed by atoms with E-state index in [4.69, 9.17) is 17.0 Å². The molecule has 30 heavy (non-hydrogen) atoms. The van der Waals surface area contributed by atoms with Gasteiger partial charge in [-0.3, -0.25) is 4.98 Å². The molecule has 3 aromatic rings. The molecule has 5 nitrogen and oxygen atoms in total. The van der Waals surface area contributed by atoms with E-state index >= 15 is 0 Å². The van der Waals surface area contributed by atoms with Crippen molar-refractivity contribution in [1.82, 2.24) is 19.8 Å². The third-order valence-electron chi connectivity index (χ3n) is 5.79. The number of benzene rings is 1. The fourth-order valence-corrected chi connectivity index (χ4v) is 5.13. The molecule has 7 heteroatoms. The number of thiocarbonyl (C=S) groups is 1. The van der Waals surface area contributed by atoms with Crippen LogP contribution >= 0.6 is 28.1 Å². The molecule has 0 spiro atoms. The van der Waals surface area contributed by atoms with Gasteiger partial charge >= 0.3 is 0 Å². The number of ether oxygens (including phenoxy) is 1. The van der Waals surface area contributed by atoms with Crippen LogP contribution in [0.15, 0.2) is 71.5 Å². The second-order valence-corrected chi connectivity index (χ2v) is 9.00. The smallest absolute Gasteiger partial charge is 0.170 e. The summed E-state index contributed by atoms with van der Waals surface area (Å²) in [5.41, 5.74) is 3.27. The minimum Gasteiger partial charge on any atom is -0.376 e. The fourth-order valence-electron chi connectivity index (χ4n) is 4.43. The highest BCUT2D eigenvalue weighted by atomic mass is 79.9. The Morgan fingerprint density at radius 3 is 2.87 bits per heavy atom. The van der Waals surface area contributed by atoms with Crippen LogP contribution in [0.25, 0.3) is 5.69 Å². The summed E-state index contributed by atoms with van der Waals surface area (Å²) in [4.78, 5) is 6.93. The molecule has 3 atom stereocenters. The molecule has 2 aliphatic heterocycles. The summed E-state index contributed by atoms with van der Waals surface area (Å²) in [5, 5.41) is 4.30. The monoisotopic (exact) mass is 482 g/mol. The maximum Gasteiger partial charge on any atom is 0.170 e. The van der Waals surface area contributed by atoms with Gasteiger partial charge in [0.05, 0.1) is 23.9 Å². The summed E-state index contributed by atoms with van der Waals surface area (Å²) in [6.07, 6.45) is 6.35. The molecule has 5 rings (SSSR count). The minimum atomic E-state index is -0.0269. The maximum absolute atomic E-state index is 5.94. The van der Waals surface area contributed by atoms with Crippen LogP contribution in [0.2, 0.25) is 0 Å². The van der Waals surface area contributed by atoms with E-state index in [1.54, 1.807) is 0 Å². The number of nitrogens with one attached hydrogen (secondary N) is 1. The SMILES string of the molecule is S=C1N[C@H](c2ccccn2)[C@@H](c2cccn2-c2cccc(Br)c2)N1C[C@H]1CCCO1. The van der Waals surface area contributed by atoms with Gasteiger partial charge in [-0.1, -0.05) is 28.1 Å². The van der Waals surface area contributed by atoms with Crippen LogP contribution in [0.1, 0.15) is 36.3 Å². The standard InChI is InChI=1S/C23H23BrN4OS/c24-16-6-3-7-17(14-16)27-12-4-10-20(27)22-21(19-9-1-2-11-25-19)26-23(30)28(22)15-18-8-5-13-29-18/h1-4,6-7,9-12,14,18,21-22H,5,8,13,15H2,(H,26,30)/t18-,21-,22-/m1/s1. The van der Waals surface area contributed by atoms with Gasteiger partial charge in [0.2, 0.25) is 0 Å². The Morgan fingerprint density at radius 1 is 1.17 bits per heavy atom. The van der Waals surface area contributed by atoms with Crippen LogP contribution in [0, 0.1) is 0 Å². The first kappa shape index (κ1) is 19.7. The van der Waals surface area contributed by atoms with E-state index < -0.39 is 0 Å². The predicted octanol–water partition coefficient (Wildman–Crippen LogP) is 4.79. The van der Waals surface area contributed by atoms with E-state index in [9.17, 15) is 0 Å². The molecule has 2 aliphatic rings. The topological polar surface area (TPSA) is 42.3 Å². The van der Waals surface area contributed by atoms with Gasteiger partial charge in [0.15, 0.2) is 5.11 Å². The van der Waals surface area contributed by atoms with E-state index in [2.05, 4.69) is 78.3 Å². The van der Waals surface area contributed by atoms with Crippen molar-refractivity contribution in [2.75, 3.05) is 13.2 Å². The molecule has 4 heterocycles. The number of nitrogens with zero attached hydrogens (tertiary/aromatic N) is 3. The highest BCUT2D eigenvalue weighted by Crippen LogP contribution is 2.40. The summed E-state index contributed by atoms with van der Waals surface area (Å²) < 4.78 is 9.24. The molecule has 1 aromatic carbocycles. The van der Waals surface area contributed by atoms with Gasteiger partial charge in [0.1, 0.15) is 0 Å². The van der Waals surface area contributed by atoms with Gasteiger partial charge in [-0.05, 0) is 67.5 Å². The minimum absolute atomic E-state index is 0.0191. The quantitative estimate of drug-likeness (QED) is 0.529. The Labute approximate surface area is 190 Å². The van der Waals surface area contributed by atoms with Crippen molar-refractivity contribution in [2.24, 2.45) is 0 Å². The number of halogens is 1. The molecule has 0 bridgehead atoms. The molecule has 0 saturated carbocycles. The van der Waals surface area contributed by atoms with Crippen molar-refractivity contribution < 1.29 is 4.74 Å². The van der Waals surface area contributed by atoms with Crippen molar-refractivity contribution in [3.63, 3.8) is 0 Å². The lowest BCUT2D eigenvalue weighted by Crippen LogP contribution is -2.36. The van der Waals surface area contributed by atoms with E-state index in [1.165, 1.54) is 5.69 Å². The van der Waals surface area contributed by atoms with Gasteiger partial charge in [-0.15, -0.1) is 0 Å². The van der Waals surface area contributed by atoms with Crippen LogP contribution in [-0.2, 0) is 4.74 Å². The number of hydrogen-bond acceptors (Lipinski definition) is 3. The van der Waals surface area contributed by atoms with Crippen LogP contribution in [-0.4, -0.2) is 38.8 Å². The maximum atomic E-state index is 5.94. The first-order chi connectivity index (χ1) is 14.7. The molecule has 0 radical (unpaired) electrons. The summed E-state index contributed by atoms with van der Waals surface area (Å²) in [7, 11) is 0. The van der Waals surface area contributed by atoms with Gasteiger partial charge < -0.3 is 19.5 Å². The second kappa shape index (κ2) is 8.49. The highest BCUT2D eigenvalue weighted by molar-refractivity contribution is 9.10. The van der Waals surface area contributed by atoms with Crippen molar-refractivity contribution >= 4 is 33.3 Å². The number of rotatable bonds is 5. The first-order valence-corrected chi connectivity index (χ1v) is 11.4. The van der Waals surface area contributed by atoms with E-state index in [1.807, 2.05) is 24.4 Å². The van der Waals surface area contributed by atoms with Gasteiger partial charge in [-0.2, -0.15) is 0 Å². The molecule has 2 aromatic heterocycles. The summed E-state index contributed by atoms with van der Waals surface area (Å²) in [6, 6.07) is 18.7. The van der Waals surface area contributed by atoms with Crippen LogP contribution in [0.5, 0.6) is 0 Å². The molecule has 1 N–H and O–H groups in total. The van der Waals surface area contributed by atoms with Crippen molar-refractivity contribution in [1.29, 1.82) is 0 Å². The van der Waals surface area contributed by atoms with Crippen LogP contribution in [0.3, 0.4) is 0 Å². The van der Waals surface area contributed by atoms with Crippen molar-refractivity contribution in [3.05, 3.63) is 82.9 Å². The third-order valence-corrected chi connectivity index (χ3v) is 6.64. The van der Waals surface area contributed by atoms with Crippen LogP contribution < -0.4 is 5.32 Å². The Balaban J connectivity index is 1.57. The Bertz CT molecular complexity index is 1030. The summed E-state index contributed by atoms with van der Waals surface area (Å²) in [5.74, 6) is 0. The predicted molar refractivity (Wildman–Crippen MR) is 125 cm³/mol. The molecule has 154 valence electrons. The third kappa shape index (κ3) is 3.77. The Morgan fingerprint density at radius 2 is 2.10 bits per heavy atom. The average molecular weight is 483 g/mol. The Kier molecular flexibility index (Phi) is 5.58. The summed E-state index contributed by atoms with van der Waals surface area (Å²) in [6.45, 7) is 1.62. The first-order valence-electron chi connectivity index (χ1n) is 10.2. The largest absolute Gasteiger partial charge is 0.376 e. The van der Waals surface area contributed by atoms with Crippen LogP contribution in [0.4, 0.5) is 0 Å². The summed E-state index contributed by atoms with van der Waals surface area (Å²) >= 11 is 9.40. The van der Waals surface area contributed by atoms with Crippen molar-refractivity contribution in [3.8, 4) is 5.69 Å². The lowest BCUT2D eigenvalue weighted by molar-refractivity contribution is 0.0836. The zero-order chi connectivity index (χ0) is 20.5. The van der Waals surface area contributed by atoms with Gasteiger partial charge in [-0.25, -0.2) is 0 Å². The molecule has 0 aliphatic carbocycles. The fraction of sp³-hybridized carbons (Fsp3) is 0.304. The second-order valence-electron chi connectivity index (χ2n) is 7.70. The number of pyridine rings is 1. The molecule has 2 fully saturated rings. The van der Waals surface area contributed by atoms with E-state index in [-0.39, 0.29) is 18.2 Å². The van der Waals surface area contributed by atoms with E-state index in [0.29, 0.717) is 0 Å². The van der Waals surface area contributed by atoms with Gasteiger partial charge in [0, 0.05) is 41.4 Å². The lowest BCUT2D eigenvalue weighted by atomic mass is 10.0. The zero-order valence-electron chi connectivity index (χ0n) is 16.4. The van der Waals surface area contributed by atoms with Crippen molar-refractivity contribution in [2.45, 2.75) is 31.0 Å². The molecule has 0 unspecified atom stereocenters. The van der Waals surface area contributed by atoms with Gasteiger partial charge in [0.25, 0.3) is 0 Å². The number of hydrogen-bond donors (Lipinski definition) is 1.